The Morgan fingerprint density at radius 1 is 0.770 bits per heavy atom. The van der Waals surface area contributed by atoms with Crippen molar-refractivity contribution in [2.75, 3.05) is 20.1 Å². The number of rotatable bonds is 12. The van der Waals surface area contributed by atoms with Gasteiger partial charge in [-0.1, -0.05) is 67.4 Å². The third-order valence-electron chi connectivity index (χ3n) is 12.2. The molecule has 0 aromatic heterocycles. The fraction of sp³-hybridized carbons (Fsp3) is 0.477. The van der Waals surface area contributed by atoms with Crippen LogP contribution in [0.25, 0.3) is 10.8 Å². The van der Waals surface area contributed by atoms with E-state index in [1.807, 2.05) is 42.5 Å². The number of benzene rings is 3. The van der Waals surface area contributed by atoms with Crippen molar-refractivity contribution in [2.45, 2.75) is 107 Å². The van der Waals surface area contributed by atoms with Crippen molar-refractivity contribution in [1.82, 2.24) is 31.1 Å². The van der Waals surface area contributed by atoms with E-state index in [1.165, 1.54) is 24.1 Å². The first-order valence-electron chi connectivity index (χ1n) is 21.1. The molecule has 3 aromatic rings. The van der Waals surface area contributed by atoms with Crippen LogP contribution in [0.1, 0.15) is 68.9 Å². The number of carbonyl (C=O) groups is 6. The third kappa shape index (κ3) is 11.3. The molecular formula is C44H58N10O7. The lowest BCUT2D eigenvalue weighted by atomic mass is 9.84. The fourth-order valence-electron chi connectivity index (χ4n) is 9.05. The summed E-state index contributed by atoms with van der Waals surface area (Å²) in [5, 5.41) is 23.3. The summed E-state index contributed by atoms with van der Waals surface area (Å²) in [5.41, 5.74) is 17.8. The van der Waals surface area contributed by atoms with Gasteiger partial charge >= 0.3 is 6.03 Å². The van der Waals surface area contributed by atoms with Gasteiger partial charge in [-0.05, 0) is 84.9 Å². The second-order valence-corrected chi connectivity index (χ2v) is 16.4. The molecule has 1 aliphatic carbocycles. The number of primary amides is 1. The van der Waals surface area contributed by atoms with Gasteiger partial charge in [0.25, 0.3) is 0 Å². The average Bonchev–Trinajstić information content (AvgIpc) is 3.63. The maximum atomic E-state index is 15.2. The smallest absolute Gasteiger partial charge is 0.312 e. The molecular weight excluding hydrogens is 781 g/mol. The number of nitrogens with zero attached hydrogens (tertiary/aromatic N) is 3. The van der Waals surface area contributed by atoms with Crippen LogP contribution in [0.15, 0.2) is 71.7 Å². The molecule has 1 saturated carbocycles. The molecule has 61 heavy (non-hydrogen) atoms. The molecule has 0 bridgehead atoms. The van der Waals surface area contributed by atoms with Crippen LogP contribution >= 0.6 is 0 Å². The fourth-order valence-corrected chi connectivity index (χ4v) is 9.05. The molecule has 11 N–H and O–H groups in total. The second-order valence-electron chi connectivity index (χ2n) is 16.4. The number of fused-ring (bicyclic) bond motifs is 4. The van der Waals surface area contributed by atoms with E-state index < -0.39 is 65.8 Å². The molecule has 2 saturated heterocycles. The number of carbonyl (C=O) groups excluding carboxylic acids is 6. The highest BCUT2D eigenvalue weighted by molar-refractivity contribution is 5.98. The Morgan fingerprint density at radius 3 is 2.18 bits per heavy atom. The SMILES string of the molecule is CN1C(=O)[C@H](CCCN=C(N)N)NC(=O)[C@@H](Cc2ccc(O)cc2)NC(=O)[C@@H]2C[C@@H]3CCCC[C@@H]3N2C(=O)[C@H](Cc2ccc3ccccc3c2)NC(=O)[C@@H]1CCCNC(N)=O. The average molecular weight is 839 g/mol. The summed E-state index contributed by atoms with van der Waals surface area (Å²) in [6.45, 7) is 0.269. The standard InChI is InChI=1S/C44H58N10O7/c1-53-36(13-7-21-49-44(47)61)39(57)52-34(24-27-14-17-28-8-2-3-9-29(28)22-27)42(60)54-35-12-5-4-10-30(35)25-37(54)40(58)51-33(23-26-15-18-31(55)19-16-26)38(56)50-32(41(53)59)11-6-20-48-43(45)46/h2-3,8-9,14-19,22,30,32-37,55H,4-7,10-13,20-21,23-25H2,1H3,(H,50,56)(H,51,58)(H,52,57)(H4,45,46,48)(H3,47,49,61)/t30-,32-,33+,34-,35-,36-,37-/m0/s1. The molecule has 6 rings (SSSR count). The Kier molecular flexibility index (Phi) is 14.7. The van der Waals surface area contributed by atoms with E-state index in [0.717, 1.165) is 35.6 Å². The Hall–Kier alpha value is -6.39. The number of hydrogen-bond donors (Lipinski definition) is 8. The number of amides is 7. The van der Waals surface area contributed by atoms with Crippen molar-refractivity contribution in [1.29, 1.82) is 0 Å². The second kappa shape index (κ2) is 20.2. The minimum atomic E-state index is -1.19. The van der Waals surface area contributed by atoms with Gasteiger partial charge in [-0.2, -0.15) is 0 Å². The van der Waals surface area contributed by atoms with Crippen LogP contribution in [-0.2, 0) is 36.8 Å². The molecule has 0 unspecified atom stereocenters. The molecule has 3 fully saturated rings. The van der Waals surface area contributed by atoms with Crippen molar-refractivity contribution >= 4 is 52.3 Å². The summed E-state index contributed by atoms with van der Waals surface area (Å²) in [7, 11) is 1.46. The molecule has 3 aromatic carbocycles. The first kappa shape index (κ1) is 44.2. The van der Waals surface area contributed by atoms with Gasteiger partial charge in [0.1, 0.15) is 36.0 Å². The van der Waals surface area contributed by atoms with Crippen LogP contribution in [0, 0.1) is 5.92 Å². The van der Waals surface area contributed by atoms with Gasteiger partial charge in [-0.25, -0.2) is 4.79 Å². The van der Waals surface area contributed by atoms with Crippen LogP contribution in [0.4, 0.5) is 4.79 Å². The zero-order valence-corrected chi connectivity index (χ0v) is 34.6. The molecule has 0 radical (unpaired) electrons. The molecule has 7 atom stereocenters. The van der Waals surface area contributed by atoms with E-state index in [4.69, 9.17) is 17.2 Å². The highest BCUT2D eigenvalue weighted by Gasteiger charge is 2.50. The summed E-state index contributed by atoms with van der Waals surface area (Å²) in [6.07, 6.45) is 4.49. The van der Waals surface area contributed by atoms with E-state index >= 15 is 4.79 Å². The zero-order valence-electron chi connectivity index (χ0n) is 34.6. The number of phenolic OH excluding ortho intramolecular Hbond substituents is 1. The van der Waals surface area contributed by atoms with Crippen LogP contribution in [0.2, 0.25) is 0 Å². The molecule has 17 heteroatoms. The number of guanidine groups is 1. The monoisotopic (exact) mass is 838 g/mol. The molecule has 7 amide bonds. The van der Waals surface area contributed by atoms with Crippen LogP contribution in [0.5, 0.6) is 5.75 Å². The number of hydrogen-bond acceptors (Lipinski definition) is 8. The quantitative estimate of drug-likeness (QED) is 0.0741. The Bertz CT molecular complexity index is 2110. The number of aliphatic imine (C=N–C) groups is 1. The van der Waals surface area contributed by atoms with Crippen LogP contribution < -0.4 is 38.5 Å². The number of aromatic hydroxyl groups is 1. The summed E-state index contributed by atoms with van der Waals surface area (Å²) in [5.74, 6) is -2.88. The predicted molar refractivity (Wildman–Crippen MR) is 230 cm³/mol. The van der Waals surface area contributed by atoms with Gasteiger partial charge < -0.3 is 53.4 Å². The van der Waals surface area contributed by atoms with E-state index in [0.29, 0.717) is 18.4 Å². The van der Waals surface area contributed by atoms with Gasteiger partial charge in [-0.15, -0.1) is 0 Å². The van der Waals surface area contributed by atoms with Gasteiger partial charge in [0.2, 0.25) is 29.5 Å². The lowest BCUT2D eigenvalue weighted by molar-refractivity contribution is -0.145. The highest BCUT2D eigenvalue weighted by Crippen LogP contribution is 2.40. The van der Waals surface area contributed by atoms with E-state index in [1.54, 1.807) is 17.0 Å². The van der Waals surface area contributed by atoms with Crippen LogP contribution in [-0.4, -0.2) is 113 Å². The molecule has 3 aliphatic rings. The number of phenols is 1. The molecule has 326 valence electrons. The van der Waals surface area contributed by atoms with Crippen molar-refractivity contribution in [3.63, 3.8) is 0 Å². The van der Waals surface area contributed by atoms with Gasteiger partial charge in [0.05, 0.1) is 0 Å². The normalized spacial score (nSPS) is 25.0. The summed E-state index contributed by atoms with van der Waals surface area (Å²) in [4.78, 5) is 92.1. The van der Waals surface area contributed by atoms with Crippen LogP contribution in [0.3, 0.4) is 0 Å². The number of nitrogens with two attached hydrogens (primary N) is 3. The first-order chi connectivity index (χ1) is 29.3. The zero-order chi connectivity index (χ0) is 43.6. The maximum absolute atomic E-state index is 15.2. The topological polar surface area (TPSA) is 268 Å². The Balaban J connectivity index is 1.43. The van der Waals surface area contributed by atoms with Crippen molar-refractivity contribution in [3.05, 3.63) is 77.9 Å². The number of nitrogens with one attached hydrogen (secondary N) is 4. The number of likely N-dealkylation sites (N-methyl/N-ethyl adjacent to an activating group) is 1. The largest absolute Gasteiger partial charge is 0.508 e. The third-order valence-corrected chi connectivity index (χ3v) is 12.2. The van der Waals surface area contributed by atoms with Gasteiger partial charge in [-0.3, -0.25) is 29.0 Å². The Labute approximate surface area is 355 Å². The minimum absolute atomic E-state index is 0.0102. The minimum Gasteiger partial charge on any atom is -0.508 e. The molecule has 2 aliphatic heterocycles. The molecule has 0 spiro atoms. The van der Waals surface area contributed by atoms with Gasteiger partial charge in [0, 0.05) is 39.0 Å². The Morgan fingerprint density at radius 2 is 1.44 bits per heavy atom. The maximum Gasteiger partial charge on any atom is 0.312 e. The summed E-state index contributed by atoms with van der Waals surface area (Å²) in [6, 6.07) is 13.3. The van der Waals surface area contributed by atoms with E-state index in [-0.39, 0.29) is 75.3 Å². The van der Waals surface area contributed by atoms with Crippen molar-refractivity contribution in [3.8, 4) is 5.75 Å². The van der Waals surface area contributed by atoms with Crippen molar-refractivity contribution < 1.29 is 33.9 Å². The summed E-state index contributed by atoms with van der Waals surface area (Å²) < 4.78 is 0. The predicted octanol–water partition coefficient (Wildman–Crippen LogP) is 1.29. The van der Waals surface area contributed by atoms with Crippen molar-refractivity contribution in [2.24, 2.45) is 28.1 Å². The van der Waals surface area contributed by atoms with Gasteiger partial charge in [0.15, 0.2) is 5.96 Å². The first-order valence-corrected chi connectivity index (χ1v) is 21.1. The lowest BCUT2D eigenvalue weighted by Crippen LogP contribution is -2.59. The molecule has 2 heterocycles. The molecule has 17 nitrogen and oxygen atoms in total. The van der Waals surface area contributed by atoms with E-state index in [9.17, 15) is 29.1 Å². The number of urea groups is 1. The summed E-state index contributed by atoms with van der Waals surface area (Å²) >= 11 is 0. The highest BCUT2D eigenvalue weighted by atomic mass is 16.3. The lowest BCUT2D eigenvalue weighted by Gasteiger charge is -2.37. The van der Waals surface area contributed by atoms with E-state index in [2.05, 4.69) is 26.3 Å².